The van der Waals surface area contributed by atoms with E-state index in [1.807, 2.05) is 0 Å². The lowest BCUT2D eigenvalue weighted by molar-refractivity contribution is -0.137. The fraction of sp³-hybridized carbons (Fsp3) is 0.182. The molecular formula is C22H19F4N3O3. The molecule has 0 saturated carbocycles. The molecule has 0 saturated heterocycles. The number of amides is 1. The van der Waals surface area contributed by atoms with Crippen LogP contribution >= 0.6 is 0 Å². The molecule has 0 fully saturated rings. The molecule has 1 heterocycles. The molecule has 1 aromatic heterocycles. The number of nitrogens with zero attached hydrogens (tertiary/aromatic N) is 2. The summed E-state index contributed by atoms with van der Waals surface area (Å²) in [6.07, 6.45) is 1.12. The lowest BCUT2D eigenvalue weighted by Gasteiger charge is -2.09. The van der Waals surface area contributed by atoms with Gasteiger partial charge >= 0.3 is 6.18 Å². The largest absolute Gasteiger partial charge is 0.488 e. The molecule has 0 radical (unpaired) electrons. The van der Waals surface area contributed by atoms with Crippen molar-refractivity contribution in [3.63, 3.8) is 0 Å². The van der Waals surface area contributed by atoms with Gasteiger partial charge in [-0.1, -0.05) is 18.2 Å². The van der Waals surface area contributed by atoms with Gasteiger partial charge in [0.05, 0.1) is 18.5 Å². The minimum Gasteiger partial charge on any atom is -0.488 e. The van der Waals surface area contributed by atoms with Gasteiger partial charge in [0, 0.05) is 18.8 Å². The van der Waals surface area contributed by atoms with Gasteiger partial charge in [0.25, 0.3) is 0 Å². The Kier molecular flexibility index (Phi) is 7.26. The number of aliphatic hydroxyl groups excluding tert-OH is 1. The molecule has 3 rings (SSSR count). The number of aromatic nitrogens is 2. The Hall–Kier alpha value is -3.66. The van der Waals surface area contributed by atoms with E-state index >= 15 is 0 Å². The molecule has 0 aliphatic rings. The predicted octanol–water partition coefficient (Wildman–Crippen LogP) is 4.11. The number of halogens is 4. The Bertz CT molecular complexity index is 1110. The van der Waals surface area contributed by atoms with Crippen molar-refractivity contribution in [1.29, 1.82) is 0 Å². The standard InChI is InChI=1S/C22H19F4N3O3/c23-18-6-4-15(11-19(18)32-9-8-30)5-7-21(31)28-20-13-29(14-27-20)12-16-2-1-3-17(10-16)22(24,25)26/h1-7,10-11,13-14,30H,8-9,12H2,(H,28,31)/b7-5+. The lowest BCUT2D eigenvalue weighted by Crippen LogP contribution is -2.08. The molecule has 6 nitrogen and oxygen atoms in total. The topological polar surface area (TPSA) is 76.4 Å². The highest BCUT2D eigenvalue weighted by Crippen LogP contribution is 2.29. The Morgan fingerprint density at radius 3 is 2.78 bits per heavy atom. The molecule has 2 aromatic carbocycles. The van der Waals surface area contributed by atoms with E-state index in [2.05, 4.69) is 10.3 Å². The van der Waals surface area contributed by atoms with E-state index in [-0.39, 0.29) is 31.3 Å². The molecule has 3 aromatic rings. The maximum absolute atomic E-state index is 13.6. The van der Waals surface area contributed by atoms with Crippen molar-refractivity contribution in [2.24, 2.45) is 0 Å². The molecular weight excluding hydrogens is 430 g/mol. The zero-order valence-electron chi connectivity index (χ0n) is 16.6. The fourth-order valence-electron chi connectivity index (χ4n) is 2.80. The number of carbonyl (C=O) groups is 1. The first-order valence-electron chi connectivity index (χ1n) is 9.45. The number of alkyl halides is 3. The SMILES string of the molecule is O=C(/C=C/c1ccc(F)c(OCCO)c1)Nc1cn(Cc2cccc(C(F)(F)F)c2)cn1. The van der Waals surface area contributed by atoms with Gasteiger partial charge in [-0.3, -0.25) is 4.79 Å². The van der Waals surface area contributed by atoms with E-state index in [0.29, 0.717) is 11.1 Å². The van der Waals surface area contributed by atoms with Crippen LogP contribution in [0.15, 0.2) is 61.1 Å². The van der Waals surface area contributed by atoms with E-state index in [0.717, 1.165) is 12.1 Å². The van der Waals surface area contributed by atoms with Gasteiger partial charge in [0.15, 0.2) is 17.4 Å². The Balaban J connectivity index is 1.60. The van der Waals surface area contributed by atoms with E-state index in [9.17, 15) is 22.4 Å². The van der Waals surface area contributed by atoms with Gasteiger partial charge in [0.1, 0.15) is 6.61 Å². The maximum Gasteiger partial charge on any atom is 0.416 e. The zero-order chi connectivity index (χ0) is 23.1. The summed E-state index contributed by atoms with van der Waals surface area (Å²) in [5, 5.41) is 11.3. The van der Waals surface area contributed by atoms with Crippen LogP contribution in [0.5, 0.6) is 5.75 Å². The minimum atomic E-state index is -4.42. The summed E-state index contributed by atoms with van der Waals surface area (Å²) in [5.41, 5.74) is 0.203. The Labute approximate surface area is 180 Å². The molecule has 10 heteroatoms. The average molecular weight is 449 g/mol. The molecule has 168 valence electrons. The molecule has 0 bridgehead atoms. The van der Waals surface area contributed by atoms with Gasteiger partial charge in [0.2, 0.25) is 5.91 Å². The van der Waals surface area contributed by atoms with Crippen LogP contribution in [-0.4, -0.2) is 33.8 Å². The molecule has 0 unspecified atom stereocenters. The summed E-state index contributed by atoms with van der Waals surface area (Å²) in [6.45, 7) is -0.176. The van der Waals surface area contributed by atoms with Crippen LogP contribution in [0, 0.1) is 5.82 Å². The average Bonchev–Trinajstić information content (AvgIpc) is 3.18. The quantitative estimate of drug-likeness (QED) is 0.401. The predicted molar refractivity (Wildman–Crippen MR) is 109 cm³/mol. The second-order valence-electron chi connectivity index (χ2n) is 6.71. The number of nitrogens with one attached hydrogen (secondary N) is 1. The van der Waals surface area contributed by atoms with Crippen LogP contribution in [0.25, 0.3) is 6.08 Å². The first-order chi connectivity index (χ1) is 15.2. The summed E-state index contributed by atoms with van der Waals surface area (Å²) in [4.78, 5) is 16.1. The monoisotopic (exact) mass is 449 g/mol. The highest BCUT2D eigenvalue weighted by atomic mass is 19.4. The third kappa shape index (κ3) is 6.42. The molecule has 0 spiro atoms. The number of benzene rings is 2. The van der Waals surface area contributed by atoms with E-state index in [1.165, 1.54) is 48.9 Å². The zero-order valence-corrected chi connectivity index (χ0v) is 16.6. The molecule has 0 aliphatic heterocycles. The highest BCUT2D eigenvalue weighted by Gasteiger charge is 2.30. The van der Waals surface area contributed by atoms with Crippen molar-refractivity contribution in [3.8, 4) is 5.75 Å². The number of hydrogen-bond acceptors (Lipinski definition) is 4. The van der Waals surface area contributed by atoms with Crippen LogP contribution < -0.4 is 10.1 Å². The minimum absolute atomic E-state index is 0.0463. The van der Waals surface area contributed by atoms with Gasteiger partial charge in [-0.25, -0.2) is 9.37 Å². The molecule has 1 amide bonds. The van der Waals surface area contributed by atoms with Crippen molar-refractivity contribution in [3.05, 3.63) is 83.6 Å². The lowest BCUT2D eigenvalue weighted by atomic mass is 10.1. The Morgan fingerprint density at radius 1 is 1.22 bits per heavy atom. The van der Waals surface area contributed by atoms with Gasteiger partial charge in [-0.05, 0) is 41.5 Å². The summed E-state index contributed by atoms with van der Waals surface area (Å²) in [7, 11) is 0. The number of aliphatic hydroxyl groups is 1. The van der Waals surface area contributed by atoms with Crippen molar-refractivity contribution in [2.45, 2.75) is 12.7 Å². The van der Waals surface area contributed by atoms with E-state index < -0.39 is 23.5 Å². The molecule has 32 heavy (non-hydrogen) atoms. The van der Waals surface area contributed by atoms with Crippen molar-refractivity contribution >= 4 is 17.8 Å². The number of hydrogen-bond donors (Lipinski definition) is 2. The second-order valence-corrected chi connectivity index (χ2v) is 6.71. The molecule has 2 N–H and O–H groups in total. The molecule has 0 atom stereocenters. The Morgan fingerprint density at radius 2 is 2.03 bits per heavy atom. The highest BCUT2D eigenvalue weighted by molar-refractivity contribution is 6.01. The number of ether oxygens (including phenoxy) is 1. The third-order valence-corrected chi connectivity index (χ3v) is 4.24. The number of rotatable bonds is 8. The van der Waals surface area contributed by atoms with Gasteiger partial charge in [-0.15, -0.1) is 0 Å². The first-order valence-corrected chi connectivity index (χ1v) is 9.45. The van der Waals surface area contributed by atoms with Crippen LogP contribution in [-0.2, 0) is 17.5 Å². The first kappa shape index (κ1) is 23.0. The van der Waals surface area contributed by atoms with Crippen molar-refractivity contribution in [2.75, 3.05) is 18.5 Å². The number of carbonyl (C=O) groups excluding carboxylic acids is 1. The van der Waals surface area contributed by atoms with E-state index in [1.54, 1.807) is 10.6 Å². The van der Waals surface area contributed by atoms with Crippen LogP contribution in [0.2, 0.25) is 0 Å². The van der Waals surface area contributed by atoms with Gasteiger partial charge in [-0.2, -0.15) is 13.2 Å². The van der Waals surface area contributed by atoms with Crippen molar-refractivity contribution in [1.82, 2.24) is 9.55 Å². The normalized spacial score (nSPS) is 11.7. The van der Waals surface area contributed by atoms with Gasteiger partial charge < -0.3 is 19.7 Å². The maximum atomic E-state index is 13.6. The fourth-order valence-corrected chi connectivity index (χ4v) is 2.80. The number of imidazole rings is 1. The second kappa shape index (κ2) is 10.1. The van der Waals surface area contributed by atoms with Crippen LogP contribution in [0.1, 0.15) is 16.7 Å². The number of anilines is 1. The van der Waals surface area contributed by atoms with E-state index in [4.69, 9.17) is 9.84 Å². The van der Waals surface area contributed by atoms with Crippen LogP contribution in [0.3, 0.4) is 0 Å². The summed E-state index contributed by atoms with van der Waals surface area (Å²) in [6, 6.07) is 8.98. The molecule has 0 aliphatic carbocycles. The third-order valence-electron chi connectivity index (χ3n) is 4.24. The van der Waals surface area contributed by atoms with Crippen molar-refractivity contribution < 1.29 is 32.2 Å². The summed E-state index contributed by atoms with van der Waals surface area (Å²) in [5.74, 6) is -0.921. The smallest absolute Gasteiger partial charge is 0.416 e. The summed E-state index contributed by atoms with van der Waals surface area (Å²) >= 11 is 0. The summed E-state index contributed by atoms with van der Waals surface area (Å²) < 4.78 is 58.8. The van der Waals surface area contributed by atoms with Crippen LogP contribution in [0.4, 0.5) is 23.4 Å².